The number of anilines is 1. The number of hydrogen-bond donors (Lipinski definition) is 0. The number of esters is 1. The van der Waals surface area contributed by atoms with E-state index in [0.29, 0.717) is 11.8 Å². The van der Waals surface area contributed by atoms with Crippen LogP contribution < -0.4 is 9.64 Å². The number of rotatable bonds is 4. The molecule has 114 valence electrons. The van der Waals surface area contributed by atoms with E-state index in [9.17, 15) is 4.79 Å². The van der Waals surface area contributed by atoms with Crippen molar-refractivity contribution in [3.63, 3.8) is 0 Å². The fourth-order valence-electron chi connectivity index (χ4n) is 1.77. The van der Waals surface area contributed by atoms with Crippen LogP contribution in [0.15, 0.2) is 28.2 Å². The van der Waals surface area contributed by atoms with Crippen LogP contribution >= 0.6 is 22.7 Å². The first-order valence-electron chi connectivity index (χ1n) is 6.37. The second-order valence-electron chi connectivity index (χ2n) is 4.58. The lowest BCUT2D eigenvalue weighted by atomic mass is 10.3. The largest absolute Gasteiger partial charge is 0.480 e. The molecule has 0 radical (unpaired) electrons. The van der Waals surface area contributed by atoms with E-state index in [1.54, 1.807) is 13.2 Å². The molecular weight excluding hydrogens is 322 g/mol. The Labute approximate surface area is 135 Å². The molecule has 1 aliphatic heterocycles. The lowest BCUT2D eigenvalue weighted by Crippen LogP contribution is -2.07. The van der Waals surface area contributed by atoms with Crippen molar-refractivity contribution < 1.29 is 14.3 Å². The van der Waals surface area contributed by atoms with Gasteiger partial charge in [-0.25, -0.2) is 9.79 Å². The van der Waals surface area contributed by atoms with Gasteiger partial charge in [0.05, 0.1) is 16.9 Å². The number of carbonyl (C=O) groups is 1. The molecule has 6 nitrogen and oxygen atoms in total. The minimum absolute atomic E-state index is 0.246. The zero-order chi connectivity index (χ0) is 15.7. The van der Waals surface area contributed by atoms with Crippen molar-refractivity contribution in [2.45, 2.75) is 0 Å². The molecule has 2 aromatic rings. The first kappa shape index (κ1) is 14.7. The molecule has 0 aliphatic carbocycles. The molecule has 0 bridgehead atoms. The van der Waals surface area contributed by atoms with Crippen LogP contribution in [0.1, 0.15) is 9.75 Å². The molecule has 0 atom stereocenters. The van der Waals surface area contributed by atoms with Crippen LogP contribution in [0.2, 0.25) is 0 Å². The van der Waals surface area contributed by atoms with Gasteiger partial charge in [0.1, 0.15) is 0 Å². The summed E-state index contributed by atoms with van der Waals surface area (Å²) in [6, 6.07) is 3.74. The number of thiophene rings is 1. The second-order valence-corrected chi connectivity index (χ2v) is 6.53. The summed E-state index contributed by atoms with van der Waals surface area (Å²) in [7, 11) is 5.34. The van der Waals surface area contributed by atoms with E-state index < -0.39 is 5.97 Å². The van der Waals surface area contributed by atoms with E-state index in [1.807, 2.05) is 36.5 Å². The van der Waals surface area contributed by atoms with Gasteiger partial charge in [-0.3, -0.25) is 0 Å². The highest BCUT2D eigenvalue weighted by atomic mass is 32.1. The van der Waals surface area contributed by atoms with Crippen LogP contribution in [-0.2, 0) is 9.53 Å². The van der Waals surface area contributed by atoms with Crippen molar-refractivity contribution in [2.75, 3.05) is 26.1 Å². The quantitative estimate of drug-likeness (QED) is 0.635. The summed E-state index contributed by atoms with van der Waals surface area (Å²) in [5.41, 5.74) is 0.246. The second kappa shape index (κ2) is 5.90. The van der Waals surface area contributed by atoms with Crippen molar-refractivity contribution >= 4 is 45.7 Å². The lowest BCUT2D eigenvalue weighted by molar-refractivity contribution is -0.129. The Hall–Kier alpha value is -2.19. The van der Waals surface area contributed by atoms with Crippen LogP contribution in [-0.4, -0.2) is 38.1 Å². The van der Waals surface area contributed by atoms with Gasteiger partial charge in [-0.2, -0.15) is 4.98 Å². The number of ether oxygens (including phenoxy) is 2. The highest BCUT2D eigenvalue weighted by molar-refractivity contribution is 7.16. The molecule has 0 fully saturated rings. The first-order chi connectivity index (χ1) is 10.6. The average molecular weight is 335 g/mol. The predicted molar refractivity (Wildman–Crippen MR) is 87.9 cm³/mol. The molecular formula is C14H13N3O3S2. The molecule has 0 amide bonds. The molecule has 0 aromatic carbocycles. The SMILES string of the molecule is COc1nc(N(C)C)sc1/C=C1\N=C(c2cccs2)OC1=O. The zero-order valence-corrected chi connectivity index (χ0v) is 13.8. The Kier molecular flexibility index (Phi) is 3.95. The summed E-state index contributed by atoms with van der Waals surface area (Å²) in [5, 5.41) is 2.70. The predicted octanol–water partition coefficient (Wildman–Crippen LogP) is 2.62. The van der Waals surface area contributed by atoms with E-state index in [4.69, 9.17) is 9.47 Å². The van der Waals surface area contributed by atoms with Gasteiger partial charge in [-0.15, -0.1) is 11.3 Å². The molecule has 0 N–H and O–H groups in total. The van der Waals surface area contributed by atoms with Crippen LogP contribution in [0.25, 0.3) is 6.08 Å². The van der Waals surface area contributed by atoms with Crippen LogP contribution in [0, 0.1) is 0 Å². The lowest BCUT2D eigenvalue weighted by Gasteiger charge is -2.04. The van der Waals surface area contributed by atoms with Crippen LogP contribution in [0.4, 0.5) is 5.13 Å². The van der Waals surface area contributed by atoms with Crippen molar-refractivity contribution in [3.05, 3.63) is 33.0 Å². The van der Waals surface area contributed by atoms with Crippen molar-refractivity contribution in [1.29, 1.82) is 0 Å². The van der Waals surface area contributed by atoms with E-state index in [0.717, 1.165) is 14.9 Å². The number of hydrogen-bond acceptors (Lipinski definition) is 8. The number of thiazole rings is 1. The van der Waals surface area contributed by atoms with Gasteiger partial charge in [0, 0.05) is 14.1 Å². The van der Waals surface area contributed by atoms with E-state index in [-0.39, 0.29) is 5.70 Å². The third-order valence-electron chi connectivity index (χ3n) is 2.81. The van der Waals surface area contributed by atoms with Gasteiger partial charge in [-0.05, 0) is 17.5 Å². The summed E-state index contributed by atoms with van der Waals surface area (Å²) in [6.07, 6.45) is 1.65. The number of aromatic nitrogens is 1. The Bertz CT molecular complexity index is 760. The monoisotopic (exact) mass is 335 g/mol. The zero-order valence-electron chi connectivity index (χ0n) is 12.2. The smallest absolute Gasteiger partial charge is 0.363 e. The molecule has 0 spiro atoms. The molecule has 1 aliphatic rings. The van der Waals surface area contributed by atoms with Gasteiger partial charge < -0.3 is 14.4 Å². The number of nitrogens with zero attached hydrogens (tertiary/aromatic N) is 3. The summed E-state index contributed by atoms with van der Waals surface area (Å²) in [5.74, 6) is 0.335. The maximum Gasteiger partial charge on any atom is 0.363 e. The Morgan fingerprint density at radius 2 is 2.23 bits per heavy atom. The Morgan fingerprint density at radius 1 is 1.41 bits per heavy atom. The fraction of sp³-hybridized carbons (Fsp3) is 0.214. The number of aliphatic imine (C=N–C) groups is 1. The molecule has 8 heteroatoms. The minimum Gasteiger partial charge on any atom is -0.480 e. The highest BCUT2D eigenvalue weighted by Gasteiger charge is 2.26. The molecule has 2 aromatic heterocycles. The van der Waals surface area contributed by atoms with E-state index in [1.165, 1.54) is 22.7 Å². The molecule has 0 saturated carbocycles. The summed E-state index contributed by atoms with van der Waals surface area (Å²) >= 11 is 2.89. The third-order valence-corrected chi connectivity index (χ3v) is 4.81. The number of cyclic esters (lactones) is 1. The maximum absolute atomic E-state index is 12.0. The Morgan fingerprint density at radius 3 is 2.86 bits per heavy atom. The van der Waals surface area contributed by atoms with Crippen molar-refractivity contribution in [2.24, 2.45) is 4.99 Å². The molecule has 3 heterocycles. The normalized spacial score (nSPS) is 15.9. The molecule has 3 rings (SSSR count). The van der Waals surface area contributed by atoms with Crippen molar-refractivity contribution in [1.82, 2.24) is 4.98 Å². The number of methoxy groups -OCH3 is 1. The van der Waals surface area contributed by atoms with Crippen molar-refractivity contribution in [3.8, 4) is 5.88 Å². The van der Waals surface area contributed by atoms with Gasteiger partial charge in [0.15, 0.2) is 10.8 Å². The molecule has 22 heavy (non-hydrogen) atoms. The van der Waals surface area contributed by atoms with E-state index in [2.05, 4.69) is 9.98 Å². The van der Waals surface area contributed by atoms with Gasteiger partial charge in [0.2, 0.25) is 11.8 Å². The standard InChI is InChI=1S/C14H13N3O3S2/c1-17(2)14-16-11(19-3)10(22-14)7-8-13(18)20-12(15-8)9-5-4-6-21-9/h4-7H,1-3H3/b8-7-. The molecule has 0 saturated heterocycles. The summed E-state index contributed by atoms with van der Waals surface area (Å²) in [4.78, 5) is 24.0. The first-order valence-corrected chi connectivity index (χ1v) is 8.06. The number of carbonyl (C=O) groups excluding carboxylic acids is 1. The van der Waals surface area contributed by atoms with Crippen LogP contribution in [0.3, 0.4) is 0 Å². The maximum atomic E-state index is 12.0. The fourth-order valence-corrected chi connectivity index (χ4v) is 3.32. The van der Waals surface area contributed by atoms with Crippen LogP contribution in [0.5, 0.6) is 5.88 Å². The third kappa shape index (κ3) is 2.75. The molecule has 0 unspecified atom stereocenters. The summed E-state index contributed by atoms with van der Waals surface area (Å²) in [6.45, 7) is 0. The van der Waals surface area contributed by atoms with Gasteiger partial charge in [0.25, 0.3) is 0 Å². The minimum atomic E-state index is -0.467. The Balaban J connectivity index is 1.96. The van der Waals surface area contributed by atoms with Gasteiger partial charge in [-0.1, -0.05) is 17.4 Å². The topological polar surface area (TPSA) is 64.0 Å². The highest BCUT2D eigenvalue weighted by Crippen LogP contribution is 2.33. The van der Waals surface area contributed by atoms with Gasteiger partial charge >= 0.3 is 5.97 Å². The summed E-state index contributed by atoms with van der Waals surface area (Å²) < 4.78 is 10.5. The average Bonchev–Trinajstić information content (AvgIpc) is 3.19. The van der Waals surface area contributed by atoms with E-state index >= 15 is 0 Å².